The lowest BCUT2D eigenvalue weighted by molar-refractivity contribution is 0.163. The lowest BCUT2D eigenvalue weighted by Gasteiger charge is -2.30. The molecule has 1 rings (SSSR count). The van der Waals surface area contributed by atoms with Crippen LogP contribution in [0.25, 0.3) is 0 Å². The molecule has 5 heteroatoms. The molecule has 0 radical (unpaired) electrons. The van der Waals surface area contributed by atoms with Gasteiger partial charge in [-0.3, -0.25) is 4.90 Å². The Morgan fingerprint density at radius 3 is 2.44 bits per heavy atom. The van der Waals surface area contributed by atoms with E-state index >= 15 is 0 Å². The topological polar surface area (TPSA) is 45.6 Å². The molecular formula is C13H24BrN3O. The molecule has 0 bridgehead atoms. The van der Waals surface area contributed by atoms with Crippen LogP contribution in [0.2, 0.25) is 0 Å². The van der Waals surface area contributed by atoms with Gasteiger partial charge in [0.1, 0.15) is 5.76 Å². The summed E-state index contributed by atoms with van der Waals surface area (Å²) >= 11 is 3.35. The van der Waals surface area contributed by atoms with Crippen LogP contribution < -0.4 is 5.73 Å². The third-order valence-electron chi connectivity index (χ3n) is 2.93. The van der Waals surface area contributed by atoms with Crippen molar-refractivity contribution in [1.29, 1.82) is 0 Å². The molecule has 0 spiro atoms. The number of likely N-dealkylation sites (N-methyl/N-ethyl adjacent to an activating group) is 1. The van der Waals surface area contributed by atoms with E-state index in [1.54, 1.807) is 0 Å². The Hall–Kier alpha value is -0.360. The van der Waals surface area contributed by atoms with Crippen molar-refractivity contribution >= 4 is 15.9 Å². The summed E-state index contributed by atoms with van der Waals surface area (Å²) in [6, 6.07) is 4.09. The Balaban J connectivity index is 2.73. The van der Waals surface area contributed by atoms with E-state index in [1.807, 2.05) is 12.1 Å². The average Bonchev–Trinajstić information content (AvgIpc) is 2.73. The fraction of sp³-hybridized carbons (Fsp3) is 0.692. The highest BCUT2D eigenvalue weighted by molar-refractivity contribution is 9.10. The van der Waals surface area contributed by atoms with Crippen molar-refractivity contribution in [2.45, 2.75) is 19.4 Å². The predicted molar refractivity (Wildman–Crippen MR) is 78.6 cm³/mol. The third kappa shape index (κ3) is 4.72. The minimum absolute atomic E-state index is 0.163. The molecule has 1 atom stereocenters. The molecule has 0 saturated heterocycles. The Morgan fingerprint density at radius 1 is 1.28 bits per heavy atom. The molecule has 4 nitrogen and oxygen atoms in total. The molecule has 18 heavy (non-hydrogen) atoms. The molecule has 104 valence electrons. The first-order chi connectivity index (χ1) is 8.58. The molecule has 0 aliphatic rings. The van der Waals surface area contributed by atoms with Gasteiger partial charge in [-0.05, 0) is 55.1 Å². The molecule has 0 amide bonds. The van der Waals surface area contributed by atoms with Gasteiger partial charge in [-0.15, -0.1) is 0 Å². The van der Waals surface area contributed by atoms with E-state index in [0.29, 0.717) is 6.54 Å². The average molecular weight is 318 g/mol. The molecule has 2 N–H and O–H groups in total. The van der Waals surface area contributed by atoms with Gasteiger partial charge in [-0.1, -0.05) is 6.92 Å². The van der Waals surface area contributed by atoms with Crippen LogP contribution in [0.5, 0.6) is 0 Å². The second kappa shape index (κ2) is 7.94. The normalized spacial score (nSPS) is 13.5. The largest absolute Gasteiger partial charge is 0.453 e. The van der Waals surface area contributed by atoms with Crippen molar-refractivity contribution in [3.63, 3.8) is 0 Å². The van der Waals surface area contributed by atoms with Crippen LogP contribution in [-0.4, -0.2) is 50.1 Å². The van der Waals surface area contributed by atoms with Crippen molar-refractivity contribution in [2.24, 2.45) is 5.73 Å². The zero-order valence-electron chi connectivity index (χ0n) is 11.5. The van der Waals surface area contributed by atoms with E-state index in [4.69, 9.17) is 10.2 Å². The highest BCUT2D eigenvalue weighted by atomic mass is 79.9. The summed E-state index contributed by atoms with van der Waals surface area (Å²) < 4.78 is 6.42. The predicted octanol–water partition coefficient (Wildman–Crippen LogP) is 2.32. The van der Waals surface area contributed by atoms with Crippen LogP contribution in [0, 0.1) is 0 Å². The maximum atomic E-state index is 5.92. The molecule has 0 fully saturated rings. The summed E-state index contributed by atoms with van der Waals surface area (Å²) in [7, 11) is 4.18. The van der Waals surface area contributed by atoms with Gasteiger partial charge in [0, 0.05) is 19.6 Å². The van der Waals surface area contributed by atoms with Gasteiger partial charge in [0.25, 0.3) is 0 Å². The number of nitrogens with zero attached hydrogens (tertiary/aromatic N) is 2. The summed E-state index contributed by atoms with van der Waals surface area (Å²) in [5.74, 6) is 0.941. The van der Waals surface area contributed by atoms with Crippen molar-refractivity contribution in [3.8, 4) is 0 Å². The Kier molecular flexibility index (Phi) is 6.92. The highest BCUT2D eigenvalue weighted by Gasteiger charge is 2.21. The standard InChI is InChI=1S/C13H24BrN3O/c1-4-7-17(9-8-16(2)3)11(10-15)12-5-6-13(14)18-12/h5-6,11H,4,7-10,15H2,1-3H3. The molecule has 1 aromatic rings. The van der Waals surface area contributed by atoms with Crippen molar-refractivity contribution in [3.05, 3.63) is 22.6 Å². The van der Waals surface area contributed by atoms with Crippen LogP contribution in [0.4, 0.5) is 0 Å². The van der Waals surface area contributed by atoms with Gasteiger partial charge in [-0.2, -0.15) is 0 Å². The lowest BCUT2D eigenvalue weighted by atomic mass is 10.1. The maximum absolute atomic E-state index is 5.92. The van der Waals surface area contributed by atoms with Crippen LogP contribution in [0.15, 0.2) is 21.2 Å². The molecule has 0 aliphatic heterocycles. The van der Waals surface area contributed by atoms with Crippen molar-refractivity contribution in [1.82, 2.24) is 9.80 Å². The Bertz CT molecular complexity index is 341. The summed E-state index contributed by atoms with van der Waals surface area (Å²) in [6.45, 7) is 5.83. The SMILES string of the molecule is CCCN(CCN(C)C)C(CN)c1ccc(Br)o1. The first-order valence-corrected chi connectivity index (χ1v) is 7.21. The number of hydrogen-bond acceptors (Lipinski definition) is 4. The third-order valence-corrected chi connectivity index (χ3v) is 3.36. The zero-order valence-corrected chi connectivity index (χ0v) is 13.1. The second-order valence-corrected chi connectivity index (χ2v) is 5.51. The van der Waals surface area contributed by atoms with Crippen molar-refractivity contribution in [2.75, 3.05) is 40.3 Å². The van der Waals surface area contributed by atoms with Gasteiger partial charge in [0.05, 0.1) is 6.04 Å². The summed E-state index contributed by atoms with van der Waals surface area (Å²) in [6.07, 6.45) is 1.12. The second-order valence-electron chi connectivity index (χ2n) is 4.73. The zero-order chi connectivity index (χ0) is 13.5. The van der Waals surface area contributed by atoms with E-state index in [2.05, 4.69) is 46.7 Å². The van der Waals surface area contributed by atoms with E-state index in [0.717, 1.165) is 36.5 Å². The molecule has 1 unspecified atom stereocenters. The lowest BCUT2D eigenvalue weighted by Crippen LogP contribution is -2.38. The number of furan rings is 1. The summed E-state index contributed by atoms with van der Waals surface area (Å²) in [5, 5.41) is 0. The van der Waals surface area contributed by atoms with Gasteiger partial charge in [0.15, 0.2) is 4.67 Å². The van der Waals surface area contributed by atoms with Crippen LogP contribution in [0.3, 0.4) is 0 Å². The monoisotopic (exact) mass is 317 g/mol. The van der Waals surface area contributed by atoms with Gasteiger partial charge < -0.3 is 15.1 Å². The Labute approximate surface area is 118 Å². The molecule has 1 aromatic heterocycles. The number of nitrogens with two attached hydrogens (primary N) is 1. The summed E-state index contributed by atoms with van der Waals surface area (Å²) in [5.41, 5.74) is 5.92. The van der Waals surface area contributed by atoms with Gasteiger partial charge in [-0.25, -0.2) is 0 Å². The maximum Gasteiger partial charge on any atom is 0.169 e. The summed E-state index contributed by atoms with van der Waals surface area (Å²) in [4.78, 5) is 4.58. The first-order valence-electron chi connectivity index (χ1n) is 6.42. The minimum Gasteiger partial charge on any atom is -0.453 e. The van der Waals surface area contributed by atoms with Crippen LogP contribution in [0.1, 0.15) is 25.1 Å². The van der Waals surface area contributed by atoms with Gasteiger partial charge in [0.2, 0.25) is 0 Å². The van der Waals surface area contributed by atoms with Crippen LogP contribution >= 0.6 is 15.9 Å². The van der Waals surface area contributed by atoms with E-state index in [1.165, 1.54) is 0 Å². The van der Waals surface area contributed by atoms with E-state index < -0.39 is 0 Å². The number of rotatable bonds is 8. The highest BCUT2D eigenvalue weighted by Crippen LogP contribution is 2.24. The number of halogens is 1. The van der Waals surface area contributed by atoms with Crippen LogP contribution in [-0.2, 0) is 0 Å². The van der Waals surface area contributed by atoms with Gasteiger partial charge >= 0.3 is 0 Å². The van der Waals surface area contributed by atoms with E-state index in [9.17, 15) is 0 Å². The quantitative estimate of drug-likeness (QED) is 0.799. The fourth-order valence-corrected chi connectivity index (χ4v) is 2.31. The van der Waals surface area contributed by atoms with Crippen molar-refractivity contribution < 1.29 is 4.42 Å². The smallest absolute Gasteiger partial charge is 0.169 e. The molecule has 1 heterocycles. The number of hydrogen-bond donors (Lipinski definition) is 1. The van der Waals surface area contributed by atoms with E-state index in [-0.39, 0.29) is 6.04 Å². The fourth-order valence-electron chi connectivity index (χ4n) is 1.99. The molecule has 0 aliphatic carbocycles. The molecular weight excluding hydrogens is 294 g/mol. The first kappa shape index (κ1) is 15.7. The molecule has 0 aromatic carbocycles. The molecule has 0 saturated carbocycles. The Morgan fingerprint density at radius 2 is 2.00 bits per heavy atom. The minimum atomic E-state index is 0.163.